The highest BCUT2D eigenvalue weighted by Gasteiger charge is 2.27. The molecule has 116 valence electrons. The van der Waals surface area contributed by atoms with Gasteiger partial charge in [-0.05, 0) is 57.1 Å². The van der Waals surface area contributed by atoms with Crippen molar-refractivity contribution in [3.63, 3.8) is 0 Å². The summed E-state index contributed by atoms with van der Waals surface area (Å²) in [7, 11) is 0. The average molecular weight is 290 g/mol. The van der Waals surface area contributed by atoms with Gasteiger partial charge in [0, 0.05) is 6.04 Å². The van der Waals surface area contributed by atoms with Crippen LogP contribution in [0.15, 0.2) is 18.2 Å². The molecule has 1 saturated carbocycles. The number of rotatable bonds is 4. The van der Waals surface area contributed by atoms with E-state index in [0.717, 1.165) is 12.8 Å². The molecule has 2 unspecified atom stereocenters. The van der Waals surface area contributed by atoms with Crippen molar-refractivity contribution in [1.82, 2.24) is 4.98 Å². The Morgan fingerprint density at radius 2 is 1.90 bits per heavy atom. The zero-order chi connectivity index (χ0) is 15.4. The highest BCUT2D eigenvalue weighted by molar-refractivity contribution is 5.87. The van der Waals surface area contributed by atoms with E-state index in [4.69, 9.17) is 4.74 Å². The van der Waals surface area contributed by atoms with Crippen molar-refractivity contribution in [2.45, 2.75) is 59.1 Å². The number of pyridine rings is 1. The zero-order valence-electron chi connectivity index (χ0n) is 13.4. The Morgan fingerprint density at radius 3 is 2.52 bits per heavy atom. The minimum Gasteiger partial charge on any atom is -0.458 e. The first-order valence-electron chi connectivity index (χ1n) is 7.88. The fraction of sp³-hybridized carbons (Fsp3) is 0.647. The molecule has 2 rings (SSSR count). The molecule has 0 aliphatic heterocycles. The minimum absolute atomic E-state index is 0.0276. The molecular formula is C17H26N2O2. The molecule has 4 nitrogen and oxygen atoms in total. The molecule has 1 aromatic heterocycles. The summed E-state index contributed by atoms with van der Waals surface area (Å²) in [6.45, 7) is 8.53. The normalized spacial score (nSPS) is 25.7. The van der Waals surface area contributed by atoms with Crippen LogP contribution in [0.4, 0.5) is 5.82 Å². The van der Waals surface area contributed by atoms with Crippen LogP contribution in [0.1, 0.15) is 57.4 Å². The summed E-state index contributed by atoms with van der Waals surface area (Å²) >= 11 is 0. The highest BCUT2D eigenvalue weighted by Crippen LogP contribution is 2.30. The van der Waals surface area contributed by atoms with Crippen LogP contribution in [0.3, 0.4) is 0 Å². The third-order valence-corrected chi connectivity index (χ3v) is 3.80. The number of nitrogens with one attached hydrogen (secondary N) is 1. The summed E-state index contributed by atoms with van der Waals surface area (Å²) in [6.07, 6.45) is 3.17. The van der Waals surface area contributed by atoms with Crippen molar-refractivity contribution in [3.8, 4) is 0 Å². The molecule has 0 aromatic carbocycles. The summed E-state index contributed by atoms with van der Waals surface area (Å²) in [5.41, 5.74) is 0.381. The second-order valence-corrected chi connectivity index (χ2v) is 6.65. The lowest BCUT2D eigenvalue weighted by molar-refractivity contribution is 0.00746. The van der Waals surface area contributed by atoms with Crippen LogP contribution < -0.4 is 5.32 Å². The maximum atomic E-state index is 12.3. The summed E-state index contributed by atoms with van der Waals surface area (Å²) in [4.78, 5) is 16.6. The molecule has 4 heteroatoms. The summed E-state index contributed by atoms with van der Waals surface area (Å²) in [6, 6.07) is 5.69. The van der Waals surface area contributed by atoms with Gasteiger partial charge in [0.25, 0.3) is 0 Å². The number of carbonyl (C=O) groups excluding carboxylic acids is 1. The first-order chi connectivity index (χ1) is 9.94. The van der Waals surface area contributed by atoms with Gasteiger partial charge in [0.2, 0.25) is 0 Å². The van der Waals surface area contributed by atoms with Gasteiger partial charge in [-0.2, -0.15) is 0 Å². The number of hydrogen-bond donors (Lipinski definition) is 1. The smallest absolute Gasteiger partial charge is 0.357 e. The van der Waals surface area contributed by atoms with E-state index in [-0.39, 0.29) is 18.1 Å². The third kappa shape index (κ3) is 4.73. The van der Waals surface area contributed by atoms with Crippen LogP contribution in [-0.4, -0.2) is 23.1 Å². The lowest BCUT2D eigenvalue weighted by atomic mass is 9.82. The number of ether oxygens (including phenoxy) is 1. The molecule has 0 saturated heterocycles. The number of nitrogens with zero attached hydrogens (tertiary/aromatic N) is 1. The maximum Gasteiger partial charge on any atom is 0.357 e. The maximum absolute atomic E-state index is 12.3. The van der Waals surface area contributed by atoms with Crippen LogP contribution in [0.2, 0.25) is 0 Å². The Balaban J connectivity index is 1.99. The molecule has 0 radical (unpaired) electrons. The second-order valence-electron chi connectivity index (χ2n) is 6.65. The number of esters is 1. The monoisotopic (exact) mass is 290 g/mol. The number of hydrogen-bond acceptors (Lipinski definition) is 4. The van der Waals surface area contributed by atoms with E-state index in [1.165, 1.54) is 6.42 Å². The number of anilines is 1. The molecule has 21 heavy (non-hydrogen) atoms. The van der Waals surface area contributed by atoms with Crippen molar-refractivity contribution in [1.29, 1.82) is 0 Å². The van der Waals surface area contributed by atoms with E-state index in [9.17, 15) is 4.79 Å². The fourth-order valence-electron chi connectivity index (χ4n) is 3.11. The first kappa shape index (κ1) is 15.8. The molecule has 2 atom stereocenters. The molecule has 0 amide bonds. The van der Waals surface area contributed by atoms with Gasteiger partial charge in [-0.3, -0.25) is 0 Å². The molecular weight excluding hydrogens is 264 g/mol. The Kier molecular flexibility index (Phi) is 5.21. The van der Waals surface area contributed by atoms with E-state index in [1.54, 1.807) is 6.07 Å². The van der Waals surface area contributed by atoms with Crippen molar-refractivity contribution >= 4 is 11.8 Å². The van der Waals surface area contributed by atoms with Gasteiger partial charge in [-0.1, -0.05) is 19.9 Å². The van der Waals surface area contributed by atoms with Gasteiger partial charge in [0.05, 0.1) is 0 Å². The highest BCUT2D eigenvalue weighted by atomic mass is 16.5. The first-order valence-corrected chi connectivity index (χ1v) is 7.88. The molecule has 0 bridgehead atoms. The zero-order valence-corrected chi connectivity index (χ0v) is 13.4. The SMILES string of the molecule is CC1CC(C)CC(OC(=O)c2cccc(NC(C)C)n2)C1. The van der Waals surface area contributed by atoms with E-state index in [1.807, 2.05) is 26.0 Å². The van der Waals surface area contributed by atoms with Gasteiger partial charge < -0.3 is 10.1 Å². The molecule has 1 aliphatic rings. The van der Waals surface area contributed by atoms with Gasteiger partial charge >= 0.3 is 5.97 Å². The third-order valence-electron chi connectivity index (χ3n) is 3.80. The summed E-state index contributed by atoms with van der Waals surface area (Å²) in [5.74, 6) is 1.64. The quantitative estimate of drug-likeness (QED) is 0.855. The lowest BCUT2D eigenvalue weighted by Crippen LogP contribution is -2.28. The van der Waals surface area contributed by atoms with Crippen molar-refractivity contribution in [2.75, 3.05) is 5.32 Å². The topological polar surface area (TPSA) is 51.2 Å². The van der Waals surface area contributed by atoms with Gasteiger partial charge in [0.1, 0.15) is 11.9 Å². The molecule has 1 N–H and O–H groups in total. The Morgan fingerprint density at radius 1 is 1.24 bits per heavy atom. The van der Waals surface area contributed by atoms with Crippen molar-refractivity contribution in [2.24, 2.45) is 11.8 Å². The van der Waals surface area contributed by atoms with Crippen molar-refractivity contribution < 1.29 is 9.53 Å². The van der Waals surface area contributed by atoms with Gasteiger partial charge in [0.15, 0.2) is 5.69 Å². The molecule has 0 spiro atoms. The standard InChI is InChI=1S/C17H26N2O2/c1-11(2)18-16-7-5-6-15(19-16)17(20)21-14-9-12(3)8-13(4)10-14/h5-7,11-14H,8-10H2,1-4H3,(H,18,19). The van der Waals surface area contributed by atoms with Crippen LogP contribution in [0.5, 0.6) is 0 Å². The molecule has 1 aromatic rings. The summed E-state index contributed by atoms with van der Waals surface area (Å²) < 4.78 is 5.65. The Labute approximate surface area is 127 Å². The largest absolute Gasteiger partial charge is 0.458 e. The van der Waals surface area contributed by atoms with Gasteiger partial charge in [-0.25, -0.2) is 9.78 Å². The lowest BCUT2D eigenvalue weighted by Gasteiger charge is -2.30. The second kappa shape index (κ2) is 6.92. The van der Waals surface area contributed by atoms with Crippen LogP contribution >= 0.6 is 0 Å². The van der Waals surface area contributed by atoms with E-state index in [0.29, 0.717) is 23.3 Å². The molecule has 1 fully saturated rings. The summed E-state index contributed by atoms with van der Waals surface area (Å²) in [5, 5.41) is 3.20. The van der Waals surface area contributed by atoms with Crippen molar-refractivity contribution in [3.05, 3.63) is 23.9 Å². The van der Waals surface area contributed by atoms with Gasteiger partial charge in [-0.15, -0.1) is 0 Å². The van der Waals surface area contributed by atoms with Crippen LogP contribution in [0.25, 0.3) is 0 Å². The number of carbonyl (C=O) groups is 1. The minimum atomic E-state index is -0.311. The Bertz CT molecular complexity index is 477. The van der Waals surface area contributed by atoms with E-state index in [2.05, 4.69) is 24.1 Å². The Hall–Kier alpha value is -1.58. The van der Waals surface area contributed by atoms with Crippen LogP contribution in [-0.2, 0) is 4.74 Å². The van der Waals surface area contributed by atoms with Crippen LogP contribution in [0, 0.1) is 11.8 Å². The number of aromatic nitrogens is 1. The average Bonchev–Trinajstić information content (AvgIpc) is 2.36. The molecule has 1 heterocycles. The van der Waals surface area contributed by atoms with E-state index < -0.39 is 0 Å². The predicted octanol–water partition coefficient (Wildman–Crippen LogP) is 3.88. The van der Waals surface area contributed by atoms with E-state index >= 15 is 0 Å². The fourth-order valence-corrected chi connectivity index (χ4v) is 3.11. The molecule has 1 aliphatic carbocycles. The predicted molar refractivity (Wildman–Crippen MR) is 84.4 cm³/mol.